The number of anilines is 1. The molecule has 0 bridgehead atoms. The lowest BCUT2D eigenvalue weighted by molar-refractivity contribution is -0.137. The van der Waals surface area contributed by atoms with E-state index in [1.807, 2.05) is 24.0 Å². The molecule has 0 aromatic carbocycles. The molecule has 2 fully saturated rings. The second kappa shape index (κ2) is 5.82. The Bertz CT molecular complexity index is 973. The van der Waals surface area contributed by atoms with Crippen LogP contribution in [0.2, 0.25) is 0 Å². The Morgan fingerprint density at radius 1 is 1.23 bits per heavy atom. The minimum absolute atomic E-state index is 0.0867. The molecule has 1 saturated carbocycles. The van der Waals surface area contributed by atoms with Crippen LogP contribution in [-0.4, -0.2) is 45.9 Å². The number of amides is 1. The van der Waals surface area contributed by atoms with Crippen LogP contribution in [0.5, 0.6) is 0 Å². The van der Waals surface area contributed by atoms with E-state index >= 15 is 0 Å². The maximum Gasteiger partial charge on any atom is 0.228 e. The highest BCUT2D eigenvalue weighted by molar-refractivity contribution is 7.13. The van der Waals surface area contributed by atoms with Crippen LogP contribution in [-0.2, 0) is 4.79 Å². The topological polar surface area (TPSA) is 71.0 Å². The molecule has 1 saturated heterocycles. The molecule has 132 valence electrons. The van der Waals surface area contributed by atoms with E-state index in [0.29, 0.717) is 11.2 Å². The molecule has 5 rings (SSSR count). The van der Waals surface area contributed by atoms with Crippen LogP contribution in [0.15, 0.2) is 36.2 Å². The number of thiazole rings is 1. The highest BCUT2D eigenvalue weighted by Gasteiger charge is 2.53. The summed E-state index contributed by atoms with van der Waals surface area (Å²) >= 11 is 1.58. The van der Waals surface area contributed by atoms with E-state index < -0.39 is 0 Å². The second-order valence-electron chi connectivity index (χ2n) is 7.62. The van der Waals surface area contributed by atoms with Gasteiger partial charge in [0.25, 0.3) is 0 Å². The van der Waals surface area contributed by atoms with Gasteiger partial charge in [0.1, 0.15) is 5.82 Å². The number of fused-ring (bicyclic) bond motifs is 1. The lowest BCUT2D eigenvalue weighted by atomic mass is 9.57. The zero-order chi connectivity index (χ0) is 17.7. The lowest BCUT2D eigenvalue weighted by Gasteiger charge is -2.57. The number of nitrogens with one attached hydrogen (secondary N) is 1. The number of nitrogens with zero attached hydrogens (tertiary/aromatic N) is 4. The number of pyridine rings is 2. The molecule has 3 aromatic rings. The molecule has 1 aliphatic heterocycles. The first-order valence-corrected chi connectivity index (χ1v) is 9.62. The van der Waals surface area contributed by atoms with Gasteiger partial charge in [-0.1, -0.05) is 0 Å². The summed E-state index contributed by atoms with van der Waals surface area (Å²) in [6.07, 6.45) is 7.37. The Labute approximate surface area is 155 Å². The highest BCUT2D eigenvalue weighted by Crippen LogP contribution is 2.51. The summed E-state index contributed by atoms with van der Waals surface area (Å²) in [6, 6.07) is 3.96. The smallest absolute Gasteiger partial charge is 0.228 e. The fourth-order valence-corrected chi connectivity index (χ4v) is 4.95. The monoisotopic (exact) mass is 365 g/mol. The maximum atomic E-state index is 12.5. The Morgan fingerprint density at radius 2 is 2.08 bits per heavy atom. The van der Waals surface area contributed by atoms with E-state index in [2.05, 4.69) is 38.3 Å². The third-order valence-electron chi connectivity index (χ3n) is 5.48. The van der Waals surface area contributed by atoms with E-state index in [1.165, 1.54) is 0 Å². The summed E-state index contributed by atoms with van der Waals surface area (Å²) in [4.78, 5) is 28.8. The van der Waals surface area contributed by atoms with Crippen LogP contribution < -0.4 is 5.32 Å². The van der Waals surface area contributed by atoms with Crippen LogP contribution in [0.3, 0.4) is 0 Å². The average molecular weight is 365 g/mol. The first kappa shape index (κ1) is 15.8. The van der Waals surface area contributed by atoms with Crippen LogP contribution in [0, 0.1) is 11.3 Å². The number of rotatable bonds is 3. The zero-order valence-corrected chi connectivity index (χ0v) is 15.3. The number of carbonyl (C=O) groups is 1. The van der Waals surface area contributed by atoms with Gasteiger partial charge >= 0.3 is 0 Å². The molecule has 3 aromatic heterocycles. The minimum atomic E-state index is 0.0867. The summed E-state index contributed by atoms with van der Waals surface area (Å²) in [6.45, 7) is 2.24. The van der Waals surface area contributed by atoms with Gasteiger partial charge in [-0.3, -0.25) is 14.8 Å². The molecular weight excluding hydrogens is 346 g/mol. The van der Waals surface area contributed by atoms with Crippen molar-refractivity contribution in [3.05, 3.63) is 36.2 Å². The first-order chi connectivity index (χ1) is 12.6. The molecule has 0 atom stereocenters. The molecule has 2 aliphatic rings. The van der Waals surface area contributed by atoms with Crippen molar-refractivity contribution in [2.75, 3.05) is 25.5 Å². The number of carbonyl (C=O) groups excluding carboxylic acids is 1. The van der Waals surface area contributed by atoms with Gasteiger partial charge in [-0.15, -0.1) is 11.3 Å². The molecule has 6 nitrogen and oxygen atoms in total. The number of likely N-dealkylation sites (tertiary alicyclic amines) is 1. The SMILES string of the molecule is CN1CC2(CC(C(=O)Nc3cc4cc(-c5cncs5)cnc4cn3)C2)C1. The number of hydrogen-bond donors (Lipinski definition) is 1. The van der Waals surface area contributed by atoms with Crippen molar-refractivity contribution >= 4 is 34.0 Å². The van der Waals surface area contributed by atoms with Crippen LogP contribution in [0.4, 0.5) is 5.82 Å². The maximum absolute atomic E-state index is 12.5. The molecule has 1 aliphatic carbocycles. The van der Waals surface area contributed by atoms with E-state index in [1.54, 1.807) is 17.5 Å². The first-order valence-electron chi connectivity index (χ1n) is 8.74. The third-order valence-corrected chi connectivity index (χ3v) is 6.30. The standard InChI is InChI=1S/C19H19N5OS/c1-24-9-19(10-24)4-14(5-19)18(25)23-17-3-12-2-13(16-8-20-11-26-16)6-21-15(12)7-22-17/h2-3,6-8,11,14H,4-5,9-10H2,1H3,(H,22,23,25). The molecule has 7 heteroatoms. The normalized spacial score (nSPS) is 19.3. The van der Waals surface area contributed by atoms with Gasteiger partial charge in [-0.2, -0.15) is 0 Å². The van der Waals surface area contributed by atoms with E-state index in [-0.39, 0.29) is 11.8 Å². The predicted octanol–water partition coefficient (Wildman–Crippen LogP) is 3.03. The number of aromatic nitrogens is 3. The number of hydrogen-bond acceptors (Lipinski definition) is 6. The van der Waals surface area contributed by atoms with Crippen molar-refractivity contribution in [2.45, 2.75) is 12.8 Å². The fourth-order valence-electron chi connectivity index (χ4n) is 4.35. The molecule has 1 amide bonds. The fraction of sp³-hybridized carbons (Fsp3) is 0.368. The summed E-state index contributed by atoms with van der Waals surface area (Å²) in [7, 11) is 2.13. The summed E-state index contributed by atoms with van der Waals surface area (Å²) in [5.74, 6) is 0.795. The predicted molar refractivity (Wildman–Crippen MR) is 102 cm³/mol. The minimum Gasteiger partial charge on any atom is -0.310 e. The van der Waals surface area contributed by atoms with Crippen molar-refractivity contribution in [3.63, 3.8) is 0 Å². The molecule has 0 radical (unpaired) electrons. The van der Waals surface area contributed by atoms with Crippen molar-refractivity contribution in [3.8, 4) is 10.4 Å². The summed E-state index contributed by atoms with van der Waals surface area (Å²) < 4.78 is 0. The van der Waals surface area contributed by atoms with Crippen molar-refractivity contribution in [1.82, 2.24) is 19.9 Å². The van der Waals surface area contributed by atoms with Crippen molar-refractivity contribution < 1.29 is 4.79 Å². The van der Waals surface area contributed by atoms with Crippen LogP contribution in [0.1, 0.15) is 12.8 Å². The molecular formula is C19H19N5OS. The Hall–Kier alpha value is -2.38. The van der Waals surface area contributed by atoms with E-state index in [0.717, 1.165) is 47.3 Å². The second-order valence-corrected chi connectivity index (χ2v) is 8.50. The highest BCUT2D eigenvalue weighted by atomic mass is 32.1. The summed E-state index contributed by atoms with van der Waals surface area (Å²) in [5, 5.41) is 3.95. The average Bonchev–Trinajstić information content (AvgIpc) is 3.10. The van der Waals surface area contributed by atoms with Gasteiger partial charge in [0, 0.05) is 42.4 Å². The van der Waals surface area contributed by atoms with Gasteiger partial charge in [0.2, 0.25) is 5.91 Å². The zero-order valence-electron chi connectivity index (χ0n) is 14.5. The Kier molecular flexibility index (Phi) is 3.55. The Morgan fingerprint density at radius 3 is 2.81 bits per heavy atom. The van der Waals surface area contributed by atoms with E-state index in [4.69, 9.17) is 0 Å². The van der Waals surface area contributed by atoms with E-state index in [9.17, 15) is 4.79 Å². The summed E-state index contributed by atoms with van der Waals surface area (Å²) in [5.41, 5.74) is 4.05. The molecule has 1 spiro atoms. The quantitative estimate of drug-likeness (QED) is 0.772. The molecule has 0 unspecified atom stereocenters. The third kappa shape index (κ3) is 2.68. The van der Waals surface area contributed by atoms with Gasteiger partial charge in [-0.25, -0.2) is 4.98 Å². The van der Waals surface area contributed by atoms with Crippen molar-refractivity contribution in [1.29, 1.82) is 0 Å². The van der Waals surface area contributed by atoms with Gasteiger partial charge in [0.05, 0.1) is 22.1 Å². The largest absolute Gasteiger partial charge is 0.310 e. The van der Waals surface area contributed by atoms with Gasteiger partial charge in [-0.05, 0) is 37.4 Å². The Balaban J connectivity index is 1.32. The van der Waals surface area contributed by atoms with Crippen LogP contribution in [0.25, 0.3) is 21.3 Å². The lowest BCUT2D eigenvalue weighted by Crippen LogP contribution is -2.62. The van der Waals surface area contributed by atoms with Gasteiger partial charge in [0.15, 0.2) is 0 Å². The molecule has 26 heavy (non-hydrogen) atoms. The van der Waals surface area contributed by atoms with Crippen LogP contribution >= 0.6 is 11.3 Å². The van der Waals surface area contributed by atoms with Crippen molar-refractivity contribution in [2.24, 2.45) is 11.3 Å². The van der Waals surface area contributed by atoms with Gasteiger partial charge < -0.3 is 10.2 Å². The molecule has 4 heterocycles. The molecule has 1 N–H and O–H groups in total.